The van der Waals surface area contributed by atoms with Crippen LogP contribution in [0.3, 0.4) is 0 Å². The Morgan fingerprint density at radius 3 is 2.86 bits per heavy atom. The zero-order valence-corrected chi connectivity index (χ0v) is 12.8. The third-order valence-electron chi connectivity index (χ3n) is 3.81. The van der Waals surface area contributed by atoms with Crippen LogP contribution in [0, 0.1) is 6.92 Å². The average molecular weight is 306 g/mol. The molecule has 0 aromatic carbocycles. The fraction of sp³-hybridized carbons (Fsp3) is 0.562. The van der Waals surface area contributed by atoms with Gasteiger partial charge in [-0.2, -0.15) is 0 Å². The maximum Gasteiger partial charge on any atom is 0.337 e. The highest BCUT2D eigenvalue weighted by atomic mass is 16.5. The fourth-order valence-corrected chi connectivity index (χ4v) is 2.57. The zero-order chi connectivity index (χ0) is 15.9. The van der Waals surface area contributed by atoms with E-state index in [1.807, 2.05) is 0 Å². The molecule has 2 heterocycles. The predicted molar refractivity (Wildman–Crippen MR) is 81.1 cm³/mol. The molecule has 1 aliphatic rings. The molecule has 0 spiro atoms. The molecule has 6 heteroatoms. The summed E-state index contributed by atoms with van der Waals surface area (Å²) in [6.45, 7) is 3.00. The molecule has 120 valence electrons. The number of aryl methyl sites for hydroxylation is 1. The van der Waals surface area contributed by atoms with Crippen molar-refractivity contribution in [2.75, 3.05) is 13.2 Å². The van der Waals surface area contributed by atoms with Crippen molar-refractivity contribution in [3.63, 3.8) is 0 Å². The van der Waals surface area contributed by atoms with Crippen LogP contribution in [0.25, 0.3) is 0 Å². The van der Waals surface area contributed by atoms with Crippen LogP contribution in [0.1, 0.15) is 58.6 Å². The van der Waals surface area contributed by atoms with Gasteiger partial charge in [-0.05, 0) is 51.2 Å². The second kappa shape index (κ2) is 7.89. The number of aromatic nitrogens is 1. The molecule has 0 radical (unpaired) electrons. The Morgan fingerprint density at radius 2 is 2.23 bits per heavy atom. The molecule has 1 saturated heterocycles. The number of hydrogen-bond acceptors (Lipinski definition) is 4. The molecule has 1 aromatic rings. The number of carbonyl (C=O) groups excluding carboxylic acids is 1. The monoisotopic (exact) mass is 306 g/mol. The van der Waals surface area contributed by atoms with Crippen LogP contribution in [0.4, 0.5) is 0 Å². The molecule has 22 heavy (non-hydrogen) atoms. The molecule has 1 amide bonds. The number of carbonyl (C=O) groups is 2. The van der Waals surface area contributed by atoms with Crippen LogP contribution in [-0.4, -0.2) is 41.2 Å². The molecule has 1 aliphatic heterocycles. The summed E-state index contributed by atoms with van der Waals surface area (Å²) < 4.78 is 5.64. The Balaban J connectivity index is 1.77. The molecule has 2 N–H and O–H groups in total. The molecule has 1 unspecified atom stereocenters. The first kappa shape index (κ1) is 16.4. The molecule has 2 rings (SSSR count). The largest absolute Gasteiger partial charge is 0.478 e. The number of amides is 1. The first-order valence-corrected chi connectivity index (χ1v) is 7.68. The molecule has 0 aliphatic carbocycles. The molecule has 6 nitrogen and oxygen atoms in total. The summed E-state index contributed by atoms with van der Waals surface area (Å²) in [5, 5.41) is 11.7. The second-order valence-corrected chi connectivity index (χ2v) is 5.52. The van der Waals surface area contributed by atoms with E-state index in [1.54, 1.807) is 6.92 Å². The van der Waals surface area contributed by atoms with Gasteiger partial charge in [0.25, 0.3) is 5.91 Å². The summed E-state index contributed by atoms with van der Waals surface area (Å²) in [5.74, 6) is -1.31. The van der Waals surface area contributed by atoms with Crippen LogP contribution in [-0.2, 0) is 4.74 Å². The van der Waals surface area contributed by atoms with E-state index < -0.39 is 5.97 Å². The molecule has 1 atom stereocenters. The van der Waals surface area contributed by atoms with Gasteiger partial charge in [-0.1, -0.05) is 0 Å². The number of nitrogens with one attached hydrogen (secondary N) is 1. The van der Waals surface area contributed by atoms with E-state index in [0.717, 1.165) is 32.3 Å². The topological polar surface area (TPSA) is 88.5 Å². The Bertz CT molecular complexity index is 539. The van der Waals surface area contributed by atoms with E-state index in [0.29, 0.717) is 18.3 Å². The van der Waals surface area contributed by atoms with Crippen LogP contribution < -0.4 is 5.32 Å². The van der Waals surface area contributed by atoms with Crippen molar-refractivity contribution in [2.24, 2.45) is 0 Å². The van der Waals surface area contributed by atoms with Crippen molar-refractivity contribution in [3.8, 4) is 0 Å². The number of nitrogens with zero attached hydrogens (tertiary/aromatic N) is 1. The van der Waals surface area contributed by atoms with Gasteiger partial charge in [0, 0.05) is 13.2 Å². The van der Waals surface area contributed by atoms with E-state index in [-0.39, 0.29) is 17.2 Å². The summed E-state index contributed by atoms with van der Waals surface area (Å²) in [6, 6.07) is 2.85. The Labute approximate surface area is 129 Å². The van der Waals surface area contributed by atoms with Gasteiger partial charge in [-0.25, -0.2) is 9.78 Å². The highest BCUT2D eigenvalue weighted by Crippen LogP contribution is 2.16. The van der Waals surface area contributed by atoms with E-state index in [9.17, 15) is 9.59 Å². The average Bonchev–Trinajstić information content (AvgIpc) is 2.52. The van der Waals surface area contributed by atoms with Gasteiger partial charge in [0.15, 0.2) is 0 Å². The van der Waals surface area contributed by atoms with Crippen molar-refractivity contribution < 1.29 is 19.4 Å². The van der Waals surface area contributed by atoms with Crippen LogP contribution in [0.2, 0.25) is 0 Å². The third kappa shape index (κ3) is 4.53. The predicted octanol–water partition coefficient (Wildman–Crippen LogP) is 2.17. The van der Waals surface area contributed by atoms with Gasteiger partial charge in [0.05, 0.1) is 17.4 Å². The van der Waals surface area contributed by atoms with E-state index >= 15 is 0 Å². The summed E-state index contributed by atoms with van der Waals surface area (Å²) in [7, 11) is 0. The summed E-state index contributed by atoms with van der Waals surface area (Å²) >= 11 is 0. The minimum atomic E-state index is -1.04. The number of ether oxygens (including phenoxy) is 1. The quantitative estimate of drug-likeness (QED) is 0.786. The maximum absolute atomic E-state index is 12.0. The first-order valence-electron chi connectivity index (χ1n) is 7.68. The molecule has 0 bridgehead atoms. The SMILES string of the molecule is Cc1nc(C(=O)NCCCC2CCCCO2)ccc1C(=O)O. The van der Waals surface area contributed by atoms with Gasteiger partial charge >= 0.3 is 5.97 Å². The molecular weight excluding hydrogens is 284 g/mol. The first-order chi connectivity index (χ1) is 10.6. The summed E-state index contributed by atoms with van der Waals surface area (Å²) in [5.41, 5.74) is 0.707. The van der Waals surface area contributed by atoms with Gasteiger partial charge in [-0.15, -0.1) is 0 Å². The second-order valence-electron chi connectivity index (χ2n) is 5.52. The van der Waals surface area contributed by atoms with E-state index in [4.69, 9.17) is 9.84 Å². The lowest BCUT2D eigenvalue weighted by Crippen LogP contribution is -2.27. The number of carboxylic acids is 1. The Morgan fingerprint density at radius 1 is 1.41 bits per heavy atom. The van der Waals surface area contributed by atoms with Gasteiger partial charge in [0.1, 0.15) is 5.69 Å². The Hall–Kier alpha value is -1.95. The lowest BCUT2D eigenvalue weighted by molar-refractivity contribution is 0.0102. The third-order valence-corrected chi connectivity index (χ3v) is 3.81. The van der Waals surface area contributed by atoms with Gasteiger partial charge < -0.3 is 15.2 Å². The summed E-state index contributed by atoms with van der Waals surface area (Å²) in [6.07, 6.45) is 5.60. The minimum absolute atomic E-state index is 0.117. The van der Waals surface area contributed by atoms with Gasteiger partial charge in [-0.3, -0.25) is 4.79 Å². The van der Waals surface area contributed by atoms with Crippen molar-refractivity contribution in [3.05, 3.63) is 29.1 Å². The zero-order valence-electron chi connectivity index (χ0n) is 12.8. The Kier molecular flexibility index (Phi) is 5.89. The molecule has 1 aromatic heterocycles. The fourth-order valence-electron chi connectivity index (χ4n) is 2.57. The number of carboxylic acid groups (broad SMARTS) is 1. The van der Waals surface area contributed by atoms with Crippen molar-refractivity contribution in [2.45, 2.75) is 45.1 Å². The maximum atomic E-state index is 12.0. The molecular formula is C16H22N2O4. The minimum Gasteiger partial charge on any atom is -0.478 e. The normalized spacial score (nSPS) is 18.0. The highest BCUT2D eigenvalue weighted by Gasteiger charge is 2.15. The number of hydrogen-bond donors (Lipinski definition) is 2. The smallest absolute Gasteiger partial charge is 0.337 e. The number of rotatable bonds is 6. The van der Waals surface area contributed by atoms with E-state index in [1.165, 1.54) is 18.6 Å². The van der Waals surface area contributed by atoms with Crippen molar-refractivity contribution in [1.29, 1.82) is 0 Å². The molecule has 1 fully saturated rings. The van der Waals surface area contributed by atoms with Crippen LogP contribution >= 0.6 is 0 Å². The van der Waals surface area contributed by atoms with E-state index in [2.05, 4.69) is 10.3 Å². The lowest BCUT2D eigenvalue weighted by atomic mass is 10.0. The number of pyridine rings is 1. The number of aromatic carboxylic acids is 1. The highest BCUT2D eigenvalue weighted by molar-refractivity contribution is 5.94. The van der Waals surface area contributed by atoms with Crippen molar-refractivity contribution >= 4 is 11.9 Å². The summed E-state index contributed by atoms with van der Waals surface area (Å²) in [4.78, 5) is 26.9. The van der Waals surface area contributed by atoms with Gasteiger partial charge in [0.2, 0.25) is 0 Å². The van der Waals surface area contributed by atoms with Crippen LogP contribution in [0.15, 0.2) is 12.1 Å². The standard InChI is InChI=1S/C16H22N2O4/c1-11-13(16(20)21)7-8-14(18-11)15(19)17-9-4-6-12-5-2-3-10-22-12/h7-8,12H,2-6,9-10H2,1H3,(H,17,19)(H,20,21). The van der Waals surface area contributed by atoms with Crippen molar-refractivity contribution in [1.82, 2.24) is 10.3 Å². The van der Waals surface area contributed by atoms with Crippen LogP contribution in [0.5, 0.6) is 0 Å². The molecule has 0 saturated carbocycles. The lowest BCUT2D eigenvalue weighted by Gasteiger charge is -2.22.